The second kappa shape index (κ2) is 5.71. The molecule has 0 saturated carbocycles. The van der Waals surface area contributed by atoms with E-state index in [2.05, 4.69) is 50.9 Å². The number of hydrogen-bond acceptors (Lipinski definition) is 4. The largest absolute Gasteiger partial charge is 0.383 e. The molecule has 5 heteroatoms. The zero-order valence-electron chi connectivity index (χ0n) is 10.7. The van der Waals surface area contributed by atoms with Crippen molar-refractivity contribution < 1.29 is 4.74 Å². The highest BCUT2D eigenvalue weighted by Gasteiger charge is 2.28. The summed E-state index contributed by atoms with van der Waals surface area (Å²) in [6.07, 6.45) is 0. The Kier molecular flexibility index (Phi) is 4.24. The molecule has 1 aliphatic heterocycles. The van der Waals surface area contributed by atoms with Crippen molar-refractivity contribution in [1.29, 1.82) is 0 Å². The summed E-state index contributed by atoms with van der Waals surface area (Å²) in [5, 5.41) is 0. The third-order valence-corrected chi connectivity index (χ3v) is 3.83. The van der Waals surface area contributed by atoms with Gasteiger partial charge in [0.15, 0.2) is 5.96 Å². The van der Waals surface area contributed by atoms with E-state index in [4.69, 9.17) is 10.5 Å². The molecule has 18 heavy (non-hydrogen) atoms. The maximum atomic E-state index is 5.93. The first-order valence-electron chi connectivity index (χ1n) is 5.95. The maximum Gasteiger partial charge on any atom is 0.192 e. The fraction of sp³-hybridized carbons (Fsp3) is 0.462. The second-order valence-electron chi connectivity index (χ2n) is 4.43. The molecule has 0 amide bonds. The number of ether oxygens (including phenoxy) is 1. The maximum absolute atomic E-state index is 5.93. The number of aliphatic imine (C=N–C) groups is 1. The third-order valence-electron chi connectivity index (χ3n) is 3.15. The van der Waals surface area contributed by atoms with Crippen molar-refractivity contribution in [3.05, 3.63) is 33.8 Å². The van der Waals surface area contributed by atoms with Crippen LogP contribution in [0.25, 0.3) is 0 Å². The van der Waals surface area contributed by atoms with Crippen LogP contribution in [0.5, 0.6) is 0 Å². The number of guanidine groups is 1. The molecule has 2 rings (SSSR count). The summed E-state index contributed by atoms with van der Waals surface area (Å²) in [6.45, 7) is 4.20. The van der Waals surface area contributed by atoms with Gasteiger partial charge in [-0.2, -0.15) is 0 Å². The Morgan fingerprint density at radius 1 is 1.56 bits per heavy atom. The summed E-state index contributed by atoms with van der Waals surface area (Å²) in [5.74, 6) is 0.601. The molecular weight excluding hydrogens is 294 g/mol. The van der Waals surface area contributed by atoms with Gasteiger partial charge in [-0.3, -0.25) is 4.99 Å². The molecule has 0 spiro atoms. The van der Waals surface area contributed by atoms with Gasteiger partial charge >= 0.3 is 0 Å². The molecule has 1 unspecified atom stereocenters. The number of rotatable bonds is 4. The molecule has 98 valence electrons. The number of nitrogens with zero attached hydrogens (tertiary/aromatic N) is 2. The van der Waals surface area contributed by atoms with Crippen molar-refractivity contribution in [3.8, 4) is 0 Å². The Balaban J connectivity index is 2.21. The molecule has 1 aromatic rings. The monoisotopic (exact) mass is 311 g/mol. The van der Waals surface area contributed by atoms with Crippen molar-refractivity contribution in [2.75, 3.05) is 26.8 Å². The van der Waals surface area contributed by atoms with Gasteiger partial charge in [-0.15, -0.1) is 0 Å². The molecule has 0 fully saturated rings. The molecule has 0 bridgehead atoms. The predicted octanol–water partition coefficient (Wildman–Crippen LogP) is 2.08. The SMILES string of the molecule is COCCN1C(N)=NCC1c1ccc(C)cc1Br. The topological polar surface area (TPSA) is 50.9 Å². The minimum absolute atomic E-state index is 0.204. The standard InChI is InChI=1S/C13H18BrN3O/c1-9-3-4-10(11(14)7-9)12-8-16-13(15)17(12)5-6-18-2/h3-4,7,12H,5-6,8H2,1-2H3,(H2,15,16). The Morgan fingerprint density at radius 2 is 2.33 bits per heavy atom. The van der Waals surface area contributed by atoms with Gasteiger partial charge in [-0.1, -0.05) is 28.1 Å². The molecule has 1 heterocycles. The van der Waals surface area contributed by atoms with E-state index in [1.165, 1.54) is 11.1 Å². The van der Waals surface area contributed by atoms with Crippen molar-refractivity contribution in [3.63, 3.8) is 0 Å². The van der Waals surface area contributed by atoms with Crippen LogP contribution in [-0.4, -0.2) is 37.7 Å². The van der Waals surface area contributed by atoms with Gasteiger partial charge in [0.1, 0.15) is 0 Å². The fourth-order valence-corrected chi connectivity index (χ4v) is 2.92. The number of aryl methyl sites for hydroxylation is 1. The first kappa shape index (κ1) is 13.4. The van der Waals surface area contributed by atoms with E-state index in [0.29, 0.717) is 19.1 Å². The highest BCUT2D eigenvalue weighted by atomic mass is 79.9. The van der Waals surface area contributed by atoms with E-state index in [0.717, 1.165) is 11.0 Å². The summed E-state index contributed by atoms with van der Waals surface area (Å²) >= 11 is 3.62. The Morgan fingerprint density at radius 3 is 3.00 bits per heavy atom. The average molecular weight is 312 g/mol. The van der Waals surface area contributed by atoms with E-state index < -0.39 is 0 Å². The Hall–Kier alpha value is -1.07. The minimum Gasteiger partial charge on any atom is -0.383 e. The second-order valence-corrected chi connectivity index (χ2v) is 5.28. The lowest BCUT2D eigenvalue weighted by Gasteiger charge is -2.27. The van der Waals surface area contributed by atoms with Crippen molar-refractivity contribution in [2.45, 2.75) is 13.0 Å². The van der Waals surface area contributed by atoms with Crippen LogP contribution in [-0.2, 0) is 4.74 Å². The fourth-order valence-electron chi connectivity index (χ4n) is 2.16. The number of nitrogens with two attached hydrogens (primary N) is 1. The predicted molar refractivity (Wildman–Crippen MR) is 76.7 cm³/mol. The van der Waals surface area contributed by atoms with Crippen LogP contribution in [0.3, 0.4) is 0 Å². The summed E-state index contributed by atoms with van der Waals surface area (Å²) in [7, 11) is 1.69. The number of methoxy groups -OCH3 is 1. The summed E-state index contributed by atoms with van der Waals surface area (Å²) in [5.41, 5.74) is 8.39. The van der Waals surface area contributed by atoms with E-state index >= 15 is 0 Å². The lowest BCUT2D eigenvalue weighted by molar-refractivity contribution is 0.166. The van der Waals surface area contributed by atoms with E-state index in [9.17, 15) is 0 Å². The van der Waals surface area contributed by atoms with Gasteiger partial charge in [0, 0.05) is 18.1 Å². The molecule has 1 aliphatic rings. The summed E-state index contributed by atoms with van der Waals surface area (Å²) in [4.78, 5) is 6.43. The van der Waals surface area contributed by atoms with E-state index in [-0.39, 0.29) is 6.04 Å². The number of hydrogen-bond donors (Lipinski definition) is 1. The quantitative estimate of drug-likeness (QED) is 0.926. The third kappa shape index (κ3) is 2.67. The van der Waals surface area contributed by atoms with Gasteiger partial charge in [0.05, 0.1) is 19.2 Å². The van der Waals surface area contributed by atoms with E-state index in [1.807, 2.05) is 0 Å². The van der Waals surface area contributed by atoms with Gasteiger partial charge in [0.2, 0.25) is 0 Å². The zero-order chi connectivity index (χ0) is 13.1. The average Bonchev–Trinajstić information content (AvgIpc) is 2.68. The Labute approximate surface area is 116 Å². The van der Waals surface area contributed by atoms with Crippen molar-refractivity contribution in [2.24, 2.45) is 10.7 Å². The van der Waals surface area contributed by atoms with Crippen LogP contribution in [0.4, 0.5) is 0 Å². The molecule has 0 aromatic heterocycles. The molecule has 0 saturated heterocycles. The van der Waals surface area contributed by atoms with Crippen LogP contribution in [0.1, 0.15) is 17.2 Å². The van der Waals surface area contributed by atoms with E-state index in [1.54, 1.807) is 7.11 Å². The van der Waals surface area contributed by atoms with Crippen LogP contribution >= 0.6 is 15.9 Å². The first-order chi connectivity index (χ1) is 8.63. The molecule has 4 nitrogen and oxygen atoms in total. The molecule has 0 aliphatic carbocycles. The van der Waals surface area contributed by atoms with Gasteiger partial charge in [-0.25, -0.2) is 0 Å². The normalized spacial score (nSPS) is 19.2. The van der Waals surface area contributed by atoms with Crippen molar-refractivity contribution in [1.82, 2.24) is 4.90 Å². The summed E-state index contributed by atoms with van der Waals surface area (Å²) in [6, 6.07) is 6.58. The van der Waals surface area contributed by atoms with Crippen LogP contribution in [0, 0.1) is 6.92 Å². The van der Waals surface area contributed by atoms with Crippen molar-refractivity contribution >= 4 is 21.9 Å². The van der Waals surface area contributed by atoms with Gasteiger partial charge in [0.25, 0.3) is 0 Å². The zero-order valence-corrected chi connectivity index (χ0v) is 12.3. The van der Waals surface area contributed by atoms with Gasteiger partial charge in [-0.05, 0) is 24.1 Å². The highest BCUT2D eigenvalue weighted by molar-refractivity contribution is 9.10. The van der Waals surface area contributed by atoms with Crippen LogP contribution in [0.2, 0.25) is 0 Å². The first-order valence-corrected chi connectivity index (χ1v) is 6.74. The van der Waals surface area contributed by atoms with Crippen LogP contribution < -0.4 is 5.73 Å². The summed E-state index contributed by atoms with van der Waals surface area (Å²) < 4.78 is 6.23. The molecular formula is C13H18BrN3O. The minimum atomic E-state index is 0.204. The van der Waals surface area contributed by atoms with Crippen LogP contribution in [0.15, 0.2) is 27.7 Å². The molecule has 1 atom stereocenters. The molecule has 2 N–H and O–H groups in total. The lowest BCUT2D eigenvalue weighted by Crippen LogP contribution is -2.38. The lowest BCUT2D eigenvalue weighted by atomic mass is 10.0. The highest BCUT2D eigenvalue weighted by Crippen LogP contribution is 2.31. The molecule has 1 aromatic carbocycles. The molecule has 0 radical (unpaired) electrons. The number of halogens is 1. The smallest absolute Gasteiger partial charge is 0.192 e. The number of benzene rings is 1. The van der Waals surface area contributed by atoms with Gasteiger partial charge < -0.3 is 15.4 Å². The Bertz CT molecular complexity index is 462.